The Morgan fingerprint density at radius 3 is 2.50 bits per heavy atom. The molecular weight excluding hydrogens is 542 g/mol. The standard InChI is InChI=1S/C31H43N3O8/c1-8-12-33-26-21-13-17(2)14-25(41-7)27(36)19(4)15-20(5)29(42-31(32)39)24(40-6)11-9-10-18(3)30(38)34-22(28(21)37)16-23(26)35/h8-11,15-17,19,24-25,27,29,33,36H,1,12-14H2,2-7H3,(H2,32,39)(H,34,38)/b11-9?,18-10+,20-15+/t17-,19+,24+,25?,27-,29+/m1/s1. The number of carbonyl (C=O) groups excluding carboxylic acids is 4. The largest absolute Gasteiger partial charge is 0.439 e. The van der Waals surface area contributed by atoms with Crippen LogP contribution in [-0.4, -0.2) is 73.9 Å². The number of nitrogens with one attached hydrogen (secondary N) is 2. The molecule has 0 saturated carbocycles. The lowest BCUT2D eigenvalue weighted by Crippen LogP contribution is -2.37. The molecule has 230 valence electrons. The molecule has 0 radical (unpaired) electrons. The third-order valence-corrected chi connectivity index (χ3v) is 7.22. The van der Waals surface area contributed by atoms with Gasteiger partial charge in [-0.2, -0.15) is 0 Å². The third-order valence-electron chi connectivity index (χ3n) is 7.22. The number of hydrogen-bond acceptors (Lipinski definition) is 9. The number of carbonyl (C=O) groups is 4. The zero-order chi connectivity index (χ0) is 31.6. The van der Waals surface area contributed by atoms with E-state index in [2.05, 4.69) is 17.2 Å². The second-order valence-corrected chi connectivity index (χ2v) is 10.6. The summed E-state index contributed by atoms with van der Waals surface area (Å²) in [6.45, 7) is 10.9. The van der Waals surface area contributed by atoms with E-state index in [1.165, 1.54) is 20.3 Å². The Bertz CT molecular complexity index is 1210. The molecular formula is C31H43N3O8. The molecule has 1 unspecified atom stereocenters. The molecule has 2 aliphatic rings. The predicted molar refractivity (Wildman–Crippen MR) is 158 cm³/mol. The first-order valence-corrected chi connectivity index (χ1v) is 13.8. The first-order chi connectivity index (χ1) is 19.8. The molecule has 1 aliphatic carbocycles. The van der Waals surface area contributed by atoms with Crippen molar-refractivity contribution in [2.45, 2.75) is 65.0 Å². The number of primary amides is 1. The summed E-state index contributed by atoms with van der Waals surface area (Å²) in [7, 11) is 2.92. The highest BCUT2D eigenvalue weighted by molar-refractivity contribution is 6.23. The van der Waals surface area contributed by atoms with Gasteiger partial charge in [0.1, 0.15) is 6.10 Å². The minimum Gasteiger partial charge on any atom is -0.439 e. The number of Topliss-reactive ketones (excluding diaryl/α,β-unsaturated/α-hetero) is 1. The van der Waals surface area contributed by atoms with Gasteiger partial charge in [-0.15, -0.1) is 6.58 Å². The van der Waals surface area contributed by atoms with E-state index >= 15 is 0 Å². The number of nitrogens with two attached hydrogens (primary N) is 1. The Labute approximate surface area is 247 Å². The van der Waals surface area contributed by atoms with Gasteiger partial charge in [0.25, 0.3) is 5.91 Å². The summed E-state index contributed by atoms with van der Waals surface area (Å²) in [5.41, 5.74) is 6.42. The second kappa shape index (κ2) is 16.0. The van der Waals surface area contributed by atoms with Crippen molar-refractivity contribution < 1.29 is 38.5 Å². The summed E-state index contributed by atoms with van der Waals surface area (Å²) in [6.07, 6.45) is 5.34. The van der Waals surface area contributed by atoms with Crippen LogP contribution < -0.4 is 16.4 Å². The van der Waals surface area contributed by atoms with E-state index in [0.717, 1.165) is 6.08 Å². The van der Waals surface area contributed by atoms with Gasteiger partial charge in [0.15, 0.2) is 6.10 Å². The van der Waals surface area contributed by atoms with Gasteiger partial charge in [0, 0.05) is 43.9 Å². The van der Waals surface area contributed by atoms with Crippen LogP contribution in [0.25, 0.3) is 0 Å². The average molecular weight is 586 g/mol. The highest BCUT2D eigenvalue weighted by atomic mass is 16.6. The molecule has 2 amide bonds. The number of methoxy groups -OCH3 is 2. The maximum absolute atomic E-state index is 13.5. The molecule has 0 saturated heterocycles. The van der Waals surface area contributed by atoms with Crippen LogP contribution in [0.4, 0.5) is 4.79 Å². The molecule has 11 nitrogen and oxygen atoms in total. The molecule has 1 aliphatic heterocycles. The summed E-state index contributed by atoms with van der Waals surface area (Å²) in [4.78, 5) is 51.3. The molecule has 0 spiro atoms. The van der Waals surface area contributed by atoms with Gasteiger partial charge in [-0.05, 0) is 38.2 Å². The van der Waals surface area contributed by atoms with Crippen molar-refractivity contribution in [3.8, 4) is 0 Å². The fourth-order valence-corrected chi connectivity index (χ4v) is 4.95. The van der Waals surface area contributed by atoms with Crippen LogP contribution >= 0.6 is 0 Å². The van der Waals surface area contributed by atoms with Crippen molar-refractivity contribution in [1.82, 2.24) is 10.6 Å². The van der Waals surface area contributed by atoms with Crippen LogP contribution in [0.1, 0.15) is 40.5 Å². The fraction of sp³-hybridized carbons (Fsp3) is 0.484. The number of ketones is 2. The number of fused-ring (bicyclic) bond motifs is 2. The zero-order valence-electron chi connectivity index (χ0n) is 25.1. The molecule has 2 rings (SSSR count). The Balaban J connectivity index is 2.62. The van der Waals surface area contributed by atoms with Crippen LogP contribution in [0.2, 0.25) is 0 Å². The first kappa shape index (κ1) is 34.4. The molecule has 0 aromatic heterocycles. The number of rotatable bonds is 6. The van der Waals surface area contributed by atoms with Crippen LogP contribution in [0.3, 0.4) is 0 Å². The summed E-state index contributed by atoms with van der Waals surface area (Å²) >= 11 is 0. The summed E-state index contributed by atoms with van der Waals surface area (Å²) in [5.74, 6) is -2.14. The van der Waals surface area contributed by atoms with Gasteiger partial charge >= 0.3 is 6.09 Å². The first-order valence-electron chi connectivity index (χ1n) is 13.8. The maximum atomic E-state index is 13.5. The number of aliphatic hydroxyl groups excluding tert-OH is 1. The average Bonchev–Trinajstić information content (AvgIpc) is 2.94. The Morgan fingerprint density at radius 1 is 1.21 bits per heavy atom. The number of ether oxygens (including phenoxy) is 3. The highest BCUT2D eigenvalue weighted by Gasteiger charge is 2.33. The van der Waals surface area contributed by atoms with Crippen molar-refractivity contribution in [3.63, 3.8) is 0 Å². The summed E-state index contributed by atoms with van der Waals surface area (Å²) in [5, 5.41) is 16.7. The van der Waals surface area contributed by atoms with E-state index in [1.807, 2.05) is 6.92 Å². The molecule has 0 aromatic carbocycles. The van der Waals surface area contributed by atoms with Gasteiger partial charge in [-0.3, -0.25) is 14.4 Å². The van der Waals surface area contributed by atoms with Gasteiger partial charge < -0.3 is 35.7 Å². The minimum absolute atomic E-state index is 0.132. The van der Waals surface area contributed by atoms with Crippen molar-refractivity contribution in [2.75, 3.05) is 20.8 Å². The normalized spacial score (nSPS) is 30.8. The van der Waals surface area contributed by atoms with Crippen LogP contribution in [0.15, 0.2) is 71.1 Å². The van der Waals surface area contributed by atoms with Gasteiger partial charge in [0.2, 0.25) is 11.6 Å². The van der Waals surface area contributed by atoms with E-state index in [4.69, 9.17) is 19.9 Å². The molecule has 0 fully saturated rings. The lowest BCUT2D eigenvalue weighted by molar-refractivity contribution is -0.120. The minimum atomic E-state index is -1.00. The van der Waals surface area contributed by atoms with Crippen molar-refractivity contribution >= 4 is 23.6 Å². The molecule has 2 bridgehead atoms. The number of amides is 2. The lowest BCUT2D eigenvalue weighted by Gasteiger charge is -2.30. The Morgan fingerprint density at radius 2 is 1.90 bits per heavy atom. The molecule has 42 heavy (non-hydrogen) atoms. The quantitative estimate of drug-likeness (QED) is 0.271. The van der Waals surface area contributed by atoms with Gasteiger partial charge in [-0.25, -0.2) is 4.79 Å². The molecule has 0 aromatic rings. The Hall–Kier alpha value is -3.80. The zero-order valence-corrected chi connectivity index (χ0v) is 25.1. The highest BCUT2D eigenvalue weighted by Crippen LogP contribution is 2.28. The van der Waals surface area contributed by atoms with Crippen molar-refractivity contribution in [2.24, 2.45) is 17.6 Å². The Kier molecular flexibility index (Phi) is 13.1. The molecule has 1 heterocycles. The third kappa shape index (κ3) is 9.10. The van der Waals surface area contributed by atoms with Crippen LogP contribution in [-0.2, 0) is 28.6 Å². The van der Waals surface area contributed by atoms with E-state index in [-0.39, 0.29) is 41.4 Å². The smallest absolute Gasteiger partial charge is 0.405 e. The van der Waals surface area contributed by atoms with E-state index in [9.17, 15) is 24.3 Å². The molecule has 5 N–H and O–H groups in total. The van der Waals surface area contributed by atoms with E-state index in [1.54, 1.807) is 45.1 Å². The van der Waals surface area contributed by atoms with E-state index < -0.39 is 53.9 Å². The predicted octanol–water partition coefficient (Wildman–Crippen LogP) is 2.54. The second-order valence-electron chi connectivity index (χ2n) is 10.6. The number of hydrogen-bond donors (Lipinski definition) is 4. The summed E-state index contributed by atoms with van der Waals surface area (Å²) in [6, 6.07) is 0. The van der Waals surface area contributed by atoms with E-state index in [0.29, 0.717) is 12.0 Å². The van der Waals surface area contributed by atoms with Gasteiger partial charge in [-0.1, -0.05) is 44.2 Å². The SMILES string of the molecule is C=CCNC1=C2C[C@@H](C)CC(OC)[C@H](O)[C@@H](C)/C=C(\C)[C@H](OC(N)=O)[C@@H](OC)C=C/C=C(\C)C(=O)NC(=CC1=O)C2=O. The van der Waals surface area contributed by atoms with Gasteiger partial charge in [0.05, 0.1) is 23.6 Å². The lowest BCUT2D eigenvalue weighted by atomic mass is 9.85. The molecule has 11 heteroatoms. The van der Waals surface area contributed by atoms with Crippen LogP contribution in [0, 0.1) is 11.8 Å². The van der Waals surface area contributed by atoms with Crippen LogP contribution in [0.5, 0.6) is 0 Å². The fourth-order valence-electron chi connectivity index (χ4n) is 4.95. The number of allylic oxidation sites excluding steroid dienone is 4. The van der Waals surface area contributed by atoms with Crippen molar-refractivity contribution in [1.29, 1.82) is 0 Å². The summed E-state index contributed by atoms with van der Waals surface area (Å²) < 4.78 is 16.6. The monoisotopic (exact) mass is 585 g/mol. The molecule has 6 atom stereocenters. The van der Waals surface area contributed by atoms with Crippen molar-refractivity contribution in [3.05, 3.63) is 71.1 Å². The topological polar surface area (TPSA) is 166 Å². The maximum Gasteiger partial charge on any atom is 0.405 e. The number of aliphatic hydroxyl groups is 1.